The molecule has 158 valence electrons. The maximum Gasteiger partial charge on any atom is 0.251 e. The molecule has 0 saturated carbocycles. The molecular weight excluding hydrogens is 376 g/mol. The van der Waals surface area contributed by atoms with Gasteiger partial charge in [0.05, 0.1) is 30.0 Å². The molecule has 1 fully saturated rings. The Labute approximate surface area is 177 Å². The Morgan fingerprint density at radius 3 is 2.63 bits per heavy atom. The third-order valence-corrected chi connectivity index (χ3v) is 6.03. The average molecular weight is 407 g/mol. The molecule has 3 heterocycles. The van der Waals surface area contributed by atoms with Crippen LogP contribution in [0.15, 0.2) is 36.4 Å². The second kappa shape index (κ2) is 8.98. The van der Waals surface area contributed by atoms with Crippen LogP contribution in [0.25, 0.3) is 22.2 Å². The van der Waals surface area contributed by atoms with Crippen molar-refractivity contribution >= 4 is 16.8 Å². The van der Waals surface area contributed by atoms with Crippen molar-refractivity contribution in [3.8, 4) is 11.3 Å². The van der Waals surface area contributed by atoms with Gasteiger partial charge in [0.1, 0.15) is 0 Å². The molecule has 0 unspecified atom stereocenters. The molecule has 0 spiro atoms. The molecule has 1 aromatic carbocycles. The standard InChI is InChI=1S/C24H30N4O2/c1-3-21-23(20-10-9-18-7-4-5-8-19(18)26-20)22(24(25)29)17(2)28(21)12-6-11-27-13-15-30-16-14-27/h4-5,7-10H,3,6,11-16H2,1-2H3,(H2,25,29). The van der Waals surface area contributed by atoms with E-state index in [4.69, 9.17) is 15.5 Å². The van der Waals surface area contributed by atoms with Crippen LogP contribution in [0.1, 0.15) is 35.1 Å². The maximum absolute atomic E-state index is 12.4. The van der Waals surface area contributed by atoms with E-state index in [1.54, 1.807) is 0 Å². The Hall–Kier alpha value is -2.70. The van der Waals surface area contributed by atoms with E-state index in [9.17, 15) is 4.79 Å². The lowest BCUT2D eigenvalue weighted by atomic mass is 10.0. The van der Waals surface area contributed by atoms with Gasteiger partial charge in [0.15, 0.2) is 0 Å². The summed E-state index contributed by atoms with van der Waals surface area (Å²) in [5.41, 5.74) is 11.1. The number of benzene rings is 1. The Balaban J connectivity index is 1.69. The maximum atomic E-state index is 12.4. The SMILES string of the molecule is CCc1c(-c2ccc3ccccc3n2)c(C(N)=O)c(C)n1CCCN1CCOCC1. The fraction of sp³-hybridized carbons (Fsp3) is 0.417. The molecule has 30 heavy (non-hydrogen) atoms. The largest absolute Gasteiger partial charge is 0.379 e. The summed E-state index contributed by atoms with van der Waals surface area (Å²) in [7, 11) is 0. The van der Waals surface area contributed by atoms with Crippen LogP contribution in [0.2, 0.25) is 0 Å². The van der Waals surface area contributed by atoms with Gasteiger partial charge in [-0.1, -0.05) is 31.2 Å². The molecule has 1 saturated heterocycles. The molecule has 0 atom stereocenters. The molecule has 1 aliphatic heterocycles. The van der Waals surface area contributed by atoms with Crippen LogP contribution in [-0.4, -0.2) is 53.2 Å². The fourth-order valence-corrected chi connectivity index (χ4v) is 4.53. The van der Waals surface area contributed by atoms with E-state index in [2.05, 4.69) is 22.5 Å². The molecule has 2 aromatic heterocycles. The molecular formula is C24H30N4O2. The van der Waals surface area contributed by atoms with Crippen molar-refractivity contribution in [3.05, 3.63) is 53.3 Å². The molecule has 4 rings (SSSR count). The molecule has 0 bridgehead atoms. The van der Waals surface area contributed by atoms with E-state index in [0.717, 1.165) is 85.8 Å². The Morgan fingerprint density at radius 2 is 1.90 bits per heavy atom. The second-order valence-electron chi connectivity index (χ2n) is 7.85. The van der Waals surface area contributed by atoms with E-state index in [1.807, 2.05) is 37.3 Å². The smallest absolute Gasteiger partial charge is 0.251 e. The minimum atomic E-state index is -0.390. The number of nitrogens with zero attached hydrogens (tertiary/aromatic N) is 3. The number of para-hydroxylation sites is 1. The van der Waals surface area contributed by atoms with Crippen LogP contribution in [-0.2, 0) is 17.7 Å². The highest BCUT2D eigenvalue weighted by Crippen LogP contribution is 2.33. The summed E-state index contributed by atoms with van der Waals surface area (Å²) < 4.78 is 7.71. The molecule has 6 heteroatoms. The van der Waals surface area contributed by atoms with Crippen molar-refractivity contribution in [2.45, 2.75) is 33.2 Å². The van der Waals surface area contributed by atoms with Crippen molar-refractivity contribution < 1.29 is 9.53 Å². The number of pyridine rings is 1. The molecule has 1 amide bonds. The summed E-state index contributed by atoms with van der Waals surface area (Å²) >= 11 is 0. The number of carbonyl (C=O) groups excluding carboxylic acids is 1. The minimum Gasteiger partial charge on any atom is -0.379 e. The Bertz CT molecular complexity index is 1050. The molecule has 6 nitrogen and oxygen atoms in total. The third-order valence-electron chi connectivity index (χ3n) is 6.03. The molecule has 0 aliphatic carbocycles. The van der Waals surface area contributed by atoms with Gasteiger partial charge in [-0.3, -0.25) is 9.69 Å². The van der Waals surface area contributed by atoms with E-state index in [-0.39, 0.29) is 5.91 Å². The minimum absolute atomic E-state index is 0.390. The van der Waals surface area contributed by atoms with Gasteiger partial charge in [0.25, 0.3) is 5.91 Å². The number of morpholine rings is 1. The van der Waals surface area contributed by atoms with Crippen molar-refractivity contribution in [2.75, 3.05) is 32.8 Å². The van der Waals surface area contributed by atoms with Crippen molar-refractivity contribution in [3.63, 3.8) is 0 Å². The topological polar surface area (TPSA) is 73.4 Å². The first-order valence-electron chi connectivity index (χ1n) is 10.8. The predicted octanol–water partition coefficient (Wildman–Crippen LogP) is 3.40. The zero-order valence-corrected chi connectivity index (χ0v) is 17.9. The molecule has 1 aliphatic rings. The number of rotatable bonds is 7. The lowest BCUT2D eigenvalue weighted by molar-refractivity contribution is 0.0369. The highest BCUT2D eigenvalue weighted by atomic mass is 16.5. The molecule has 0 radical (unpaired) electrons. The number of primary amides is 1. The number of carbonyl (C=O) groups is 1. The normalized spacial score (nSPS) is 15.0. The quantitative estimate of drug-likeness (QED) is 0.653. The summed E-state index contributed by atoms with van der Waals surface area (Å²) in [6, 6.07) is 12.1. The Morgan fingerprint density at radius 1 is 1.13 bits per heavy atom. The monoisotopic (exact) mass is 406 g/mol. The van der Waals surface area contributed by atoms with Crippen LogP contribution in [0.3, 0.4) is 0 Å². The van der Waals surface area contributed by atoms with Crippen LogP contribution in [0.4, 0.5) is 0 Å². The lowest BCUT2D eigenvalue weighted by Gasteiger charge is -2.26. The van der Waals surface area contributed by atoms with E-state index in [1.165, 1.54) is 0 Å². The first-order chi connectivity index (χ1) is 14.6. The summed E-state index contributed by atoms with van der Waals surface area (Å²) in [6.45, 7) is 9.62. The first kappa shape index (κ1) is 20.6. The average Bonchev–Trinajstić information content (AvgIpc) is 3.06. The third kappa shape index (κ3) is 3.98. The van der Waals surface area contributed by atoms with Crippen molar-refractivity contribution in [1.29, 1.82) is 0 Å². The van der Waals surface area contributed by atoms with Gasteiger partial charge in [0.2, 0.25) is 0 Å². The number of fused-ring (bicyclic) bond motifs is 1. The van der Waals surface area contributed by atoms with Gasteiger partial charge >= 0.3 is 0 Å². The van der Waals surface area contributed by atoms with Gasteiger partial charge in [-0.15, -0.1) is 0 Å². The number of nitrogens with two attached hydrogens (primary N) is 1. The van der Waals surface area contributed by atoms with Gasteiger partial charge in [0, 0.05) is 48.5 Å². The summed E-state index contributed by atoms with van der Waals surface area (Å²) in [5, 5.41) is 1.08. The van der Waals surface area contributed by atoms with E-state index < -0.39 is 0 Å². The number of hydrogen-bond acceptors (Lipinski definition) is 4. The summed E-state index contributed by atoms with van der Waals surface area (Å²) in [4.78, 5) is 19.7. The molecule has 3 aromatic rings. The van der Waals surface area contributed by atoms with Crippen molar-refractivity contribution in [1.82, 2.24) is 14.5 Å². The van der Waals surface area contributed by atoms with E-state index in [0.29, 0.717) is 5.56 Å². The predicted molar refractivity (Wildman–Crippen MR) is 120 cm³/mol. The number of aromatic nitrogens is 2. The first-order valence-corrected chi connectivity index (χ1v) is 10.8. The number of amides is 1. The Kier molecular flexibility index (Phi) is 6.16. The summed E-state index contributed by atoms with van der Waals surface area (Å²) in [5.74, 6) is -0.390. The van der Waals surface area contributed by atoms with E-state index >= 15 is 0 Å². The summed E-state index contributed by atoms with van der Waals surface area (Å²) in [6.07, 6.45) is 1.83. The zero-order valence-electron chi connectivity index (χ0n) is 17.9. The van der Waals surface area contributed by atoms with Gasteiger partial charge in [-0.05, 0) is 31.9 Å². The highest BCUT2D eigenvalue weighted by molar-refractivity contribution is 6.02. The fourth-order valence-electron chi connectivity index (χ4n) is 4.53. The van der Waals surface area contributed by atoms with Crippen LogP contribution in [0.5, 0.6) is 0 Å². The van der Waals surface area contributed by atoms with Gasteiger partial charge in [-0.25, -0.2) is 4.98 Å². The number of ether oxygens (including phenoxy) is 1. The van der Waals surface area contributed by atoms with Crippen molar-refractivity contribution in [2.24, 2.45) is 5.73 Å². The second-order valence-corrected chi connectivity index (χ2v) is 7.85. The zero-order chi connectivity index (χ0) is 21.1. The molecule has 2 N–H and O–H groups in total. The lowest BCUT2D eigenvalue weighted by Crippen LogP contribution is -2.37. The van der Waals surface area contributed by atoms with Gasteiger partial charge in [-0.2, -0.15) is 0 Å². The van der Waals surface area contributed by atoms with Crippen LogP contribution >= 0.6 is 0 Å². The van der Waals surface area contributed by atoms with Crippen LogP contribution in [0, 0.1) is 6.92 Å². The van der Waals surface area contributed by atoms with Crippen LogP contribution < -0.4 is 5.73 Å². The van der Waals surface area contributed by atoms with Gasteiger partial charge < -0.3 is 15.0 Å². The highest BCUT2D eigenvalue weighted by Gasteiger charge is 2.25. The number of hydrogen-bond donors (Lipinski definition) is 1.